The Bertz CT molecular complexity index is 327. The summed E-state index contributed by atoms with van der Waals surface area (Å²) in [7, 11) is 0. The summed E-state index contributed by atoms with van der Waals surface area (Å²) in [4.78, 5) is 0. The Morgan fingerprint density at radius 1 is 0.786 bits per heavy atom. The van der Waals surface area contributed by atoms with Crippen LogP contribution in [0.25, 0.3) is 0 Å². The molecule has 0 radical (unpaired) electrons. The molecule has 0 aromatic heterocycles. The number of hydrogen-bond acceptors (Lipinski definition) is 0. The van der Waals surface area contributed by atoms with E-state index in [0.29, 0.717) is 0 Å². The molecule has 1 aromatic rings. The van der Waals surface area contributed by atoms with Crippen molar-refractivity contribution in [1.29, 1.82) is 0 Å². The number of hydrogen-bond donors (Lipinski definition) is 0. The van der Waals surface area contributed by atoms with Gasteiger partial charge in [-0.1, -0.05) is 36.4 Å². The minimum atomic E-state index is 0.926. The Balaban J connectivity index is 1.94. The quantitative estimate of drug-likeness (QED) is 0.542. The van der Waals surface area contributed by atoms with Crippen LogP contribution in [0, 0.1) is 11.8 Å². The molecule has 0 heterocycles. The summed E-state index contributed by atoms with van der Waals surface area (Å²) in [6.07, 6.45) is 9.97. The molecule has 0 N–H and O–H groups in total. The van der Waals surface area contributed by atoms with Crippen LogP contribution in [0.1, 0.15) is 24.0 Å². The van der Waals surface area contributed by atoms with Crippen molar-refractivity contribution in [3.63, 3.8) is 0 Å². The van der Waals surface area contributed by atoms with E-state index in [4.69, 9.17) is 0 Å². The van der Waals surface area contributed by atoms with Crippen molar-refractivity contribution in [2.24, 2.45) is 11.8 Å². The molecular weight excluding hydrogens is 168 g/mol. The third kappa shape index (κ3) is 1.30. The lowest BCUT2D eigenvalue weighted by Crippen LogP contribution is -2.26. The van der Waals surface area contributed by atoms with Crippen molar-refractivity contribution in [3.8, 4) is 0 Å². The van der Waals surface area contributed by atoms with Gasteiger partial charge in [-0.3, -0.25) is 0 Å². The predicted molar refractivity (Wildman–Crippen MR) is 59.2 cm³/mol. The molecule has 14 heavy (non-hydrogen) atoms. The zero-order valence-electron chi connectivity index (χ0n) is 8.45. The normalized spacial score (nSPS) is 29.4. The first-order valence-electron chi connectivity index (χ1n) is 5.65. The largest absolute Gasteiger partial charge is 0.0882 e. The molecule has 0 amide bonds. The van der Waals surface area contributed by atoms with Crippen molar-refractivity contribution >= 4 is 0 Å². The lowest BCUT2D eigenvalue weighted by atomic mass is 9.71. The van der Waals surface area contributed by atoms with Gasteiger partial charge < -0.3 is 0 Å². The molecule has 2 unspecified atom stereocenters. The summed E-state index contributed by atoms with van der Waals surface area (Å²) in [5.41, 5.74) is 3.20. The second-order valence-corrected chi connectivity index (χ2v) is 4.64. The van der Waals surface area contributed by atoms with Crippen molar-refractivity contribution < 1.29 is 0 Å². The molecule has 72 valence electrons. The Kier molecular flexibility index (Phi) is 1.93. The number of rotatable bonds is 0. The van der Waals surface area contributed by atoms with Crippen molar-refractivity contribution in [2.45, 2.75) is 25.7 Å². The molecule has 2 atom stereocenters. The van der Waals surface area contributed by atoms with Crippen LogP contribution in [0.15, 0.2) is 36.4 Å². The maximum atomic E-state index is 2.37. The van der Waals surface area contributed by atoms with Crippen LogP contribution in [0.5, 0.6) is 0 Å². The molecule has 2 aliphatic carbocycles. The third-order valence-electron chi connectivity index (χ3n) is 3.79. The highest BCUT2D eigenvalue weighted by molar-refractivity contribution is 5.31. The summed E-state index contributed by atoms with van der Waals surface area (Å²) < 4.78 is 0. The minimum Gasteiger partial charge on any atom is -0.0882 e. The summed E-state index contributed by atoms with van der Waals surface area (Å²) >= 11 is 0. The number of fused-ring (bicyclic) bond motifs is 2. The molecule has 0 bridgehead atoms. The molecule has 0 aliphatic heterocycles. The molecular formula is C14H16. The topological polar surface area (TPSA) is 0 Å². The predicted octanol–water partition coefficient (Wildman–Crippen LogP) is 3.37. The van der Waals surface area contributed by atoms with Crippen LogP contribution in [-0.2, 0) is 12.8 Å². The average molecular weight is 184 g/mol. The van der Waals surface area contributed by atoms with Gasteiger partial charge in [-0.25, -0.2) is 0 Å². The van der Waals surface area contributed by atoms with Gasteiger partial charge in [0.2, 0.25) is 0 Å². The van der Waals surface area contributed by atoms with Crippen molar-refractivity contribution in [1.82, 2.24) is 0 Å². The molecule has 3 rings (SSSR count). The molecule has 1 aromatic carbocycles. The zero-order valence-corrected chi connectivity index (χ0v) is 8.45. The van der Waals surface area contributed by atoms with E-state index in [9.17, 15) is 0 Å². The van der Waals surface area contributed by atoms with Gasteiger partial charge in [0, 0.05) is 0 Å². The number of allylic oxidation sites excluding steroid dienone is 2. The van der Waals surface area contributed by atoms with Gasteiger partial charge in [0.1, 0.15) is 0 Å². The van der Waals surface area contributed by atoms with Crippen LogP contribution in [-0.4, -0.2) is 0 Å². The highest BCUT2D eigenvalue weighted by atomic mass is 14.3. The van der Waals surface area contributed by atoms with E-state index in [1.165, 1.54) is 25.7 Å². The Morgan fingerprint density at radius 3 is 1.79 bits per heavy atom. The fourth-order valence-electron chi connectivity index (χ4n) is 2.95. The summed E-state index contributed by atoms with van der Waals surface area (Å²) in [5, 5.41) is 0. The average Bonchev–Trinajstić information content (AvgIpc) is 2.26. The van der Waals surface area contributed by atoms with E-state index in [1.807, 2.05) is 0 Å². The maximum Gasteiger partial charge on any atom is -0.0242 e. The van der Waals surface area contributed by atoms with E-state index in [2.05, 4.69) is 36.4 Å². The fraction of sp³-hybridized carbons (Fsp3) is 0.429. The van der Waals surface area contributed by atoms with Crippen LogP contribution < -0.4 is 0 Å². The van der Waals surface area contributed by atoms with E-state index >= 15 is 0 Å². The third-order valence-corrected chi connectivity index (χ3v) is 3.79. The lowest BCUT2D eigenvalue weighted by molar-refractivity contribution is 0.300. The van der Waals surface area contributed by atoms with Crippen molar-refractivity contribution in [2.75, 3.05) is 0 Å². The first kappa shape index (κ1) is 8.28. The first-order chi connectivity index (χ1) is 6.93. The molecule has 2 aliphatic rings. The lowest BCUT2D eigenvalue weighted by Gasteiger charge is -2.34. The van der Waals surface area contributed by atoms with Gasteiger partial charge in [-0.2, -0.15) is 0 Å². The second-order valence-electron chi connectivity index (χ2n) is 4.64. The fourth-order valence-corrected chi connectivity index (χ4v) is 2.95. The van der Waals surface area contributed by atoms with Gasteiger partial charge in [-0.05, 0) is 48.6 Å². The maximum absolute atomic E-state index is 2.37. The SMILES string of the molecule is C1=CCC2Cc3ccccc3CC2C1. The standard InChI is InChI=1S/C14H16/c1-2-6-12-10-14-8-4-3-7-13(14)9-11(12)5-1/h1-6,13-14H,7-10H2. The monoisotopic (exact) mass is 184 g/mol. The van der Waals surface area contributed by atoms with E-state index in [1.54, 1.807) is 11.1 Å². The molecule has 0 saturated heterocycles. The molecule has 0 fully saturated rings. The minimum absolute atomic E-state index is 0.926. The van der Waals surface area contributed by atoms with Gasteiger partial charge in [-0.15, -0.1) is 0 Å². The van der Waals surface area contributed by atoms with Crippen LogP contribution in [0.4, 0.5) is 0 Å². The van der Waals surface area contributed by atoms with Crippen molar-refractivity contribution in [3.05, 3.63) is 47.5 Å². The Labute approximate surface area is 85.6 Å². The highest BCUT2D eigenvalue weighted by Crippen LogP contribution is 2.36. The van der Waals surface area contributed by atoms with E-state index in [-0.39, 0.29) is 0 Å². The van der Waals surface area contributed by atoms with Gasteiger partial charge in [0.05, 0.1) is 0 Å². The van der Waals surface area contributed by atoms with Gasteiger partial charge >= 0.3 is 0 Å². The summed E-state index contributed by atoms with van der Waals surface area (Å²) in [6.45, 7) is 0. The molecule has 0 heteroatoms. The molecule has 0 saturated carbocycles. The van der Waals surface area contributed by atoms with Crippen LogP contribution >= 0.6 is 0 Å². The van der Waals surface area contributed by atoms with Crippen LogP contribution in [0.2, 0.25) is 0 Å². The summed E-state index contributed by atoms with van der Waals surface area (Å²) in [5.74, 6) is 1.85. The van der Waals surface area contributed by atoms with E-state index in [0.717, 1.165) is 11.8 Å². The summed E-state index contributed by atoms with van der Waals surface area (Å²) in [6, 6.07) is 8.98. The molecule has 0 nitrogen and oxygen atoms in total. The van der Waals surface area contributed by atoms with Gasteiger partial charge in [0.15, 0.2) is 0 Å². The second kappa shape index (κ2) is 3.27. The highest BCUT2D eigenvalue weighted by Gasteiger charge is 2.27. The zero-order chi connectivity index (χ0) is 9.38. The number of benzene rings is 1. The molecule has 0 spiro atoms. The van der Waals surface area contributed by atoms with E-state index < -0.39 is 0 Å². The van der Waals surface area contributed by atoms with Crippen LogP contribution in [0.3, 0.4) is 0 Å². The Hall–Kier alpha value is -1.04. The smallest absolute Gasteiger partial charge is 0.0242 e. The Morgan fingerprint density at radius 2 is 1.29 bits per heavy atom. The van der Waals surface area contributed by atoms with Gasteiger partial charge in [0.25, 0.3) is 0 Å². The first-order valence-corrected chi connectivity index (χ1v) is 5.65.